The van der Waals surface area contributed by atoms with Gasteiger partial charge < -0.3 is 25.9 Å². The van der Waals surface area contributed by atoms with Crippen molar-refractivity contribution in [3.05, 3.63) is 12.7 Å². The van der Waals surface area contributed by atoms with Crippen molar-refractivity contribution in [2.24, 2.45) is 5.73 Å². The van der Waals surface area contributed by atoms with Crippen LogP contribution in [0.25, 0.3) is 11.2 Å². The highest BCUT2D eigenvalue weighted by Crippen LogP contribution is 2.22. The van der Waals surface area contributed by atoms with E-state index in [2.05, 4.69) is 25.3 Å². The molecule has 1 aliphatic rings. The molecule has 1 fully saturated rings. The van der Waals surface area contributed by atoms with Gasteiger partial charge in [0.1, 0.15) is 17.9 Å². The van der Waals surface area contributed by atoms with Crippen LogP contribution in [0.4, 0.5) is 5.82 Å². The van der Waals surface area contributed by atoms with Crippen LogP contribution < -0.4 is 11.1 Å². The van der Waals surface area contributed by atoms with Crippen LogP contribution in [0.3, 0.4) is 0 Å². The molecule has 0 saturated carbocycles. The average Bonchev–Trinajstić information content (AvgIpc) is 2.85. The maximum Gasteiger partial charge on any atom is 0.182 e. The highest BCUT2D eigenvalue weighted by Gasteiger charge is 2.33. The molecule has 0 unspecified atom stereocenters. The molecule has 19 heavy (non-hydrogen) atoms. The van der Waals surface area contributed by atoms with Crippen molar-refractivity contribution in [3.63, 3.8) is 0 Å². The van der Waals surface area contributed by atoms with Crippen molar-refractivity contribution in [1.29, 1.82) is 0 Å². The Labute approximate surface area is 109 Å². The third-order valence-corrected chi connectivity index (χ3v) is 3.33. The summed E-state index contributed by atoms with van der Waals surface area (Å²) in [5.74, 6) is 0.550. The molecule has 5 N–H and O–H groups in total. The third kappa shape index (κ3) is 2.25. The third-order valence-electron chi connectivity index (χ3n) is 3.33. The minimum Gasteiger partial charge on any atom is -0.388 e. The van der Waals surface area contributed by atoms with Crippen molar-refractivity contribution in [2.45, 2.75) is 37.8 Å². The van der Waals surface area contributed by atoms with Crippen LogP contribution >= 0.6 is 0 Å². The van der Waals surface area contributed by atoms with Gasteiger partial charge in [0.15, 0.2) is 17.7 Å². The number of H-pyrrole nitrogens is 1. The summed E-state index contributed by atoms with van der Waals surface area (Å²) in [4.78, 5) is 15.2. The SMILES string of the molecule is C[C@@H]1O[C@@H](Nc2ncnc3nc[nH]c23)[C@H](O)C[C@H]1N. The second-order valence-corrected chi connectivity index (χ2v) is 4.70. The molecule has 3 rings (SSSR count). The van der Waals surface area contributed by atoms with Gasteiger partial charge in [0.2, 0.25) is 0 Å². The molecule has 102 valence electrons. The van der Waals surface area contributed by atoms with Crippen molar-refractivity contribution < 1.29 is 9.84 Å². The van der Waals surface area contributed by atoms with Crippen LogP contribution in [0.15, 0.2) is 12.7 Å². The van der Waals surface area contributed by atoms with E-state index in [1.54, 1.807) is 6.33 Å². The zero-order chi connectivity index (χ0) is 13.4. The fourth-order valence-corrected chi connectivity index (χ4v) is 2.16. The van der Waals surface area contributed by atoms with Crippen molar-refractivity contribution in [3.8, 4) is 0 Å². The van der Waals surface area contributed by atoms with Crippen LogP contribution in [0.5, 0.6) is 0 Å². The van der Waals surface area contributed by atoms with E-state index in [0.29, 0.717) is 23.4 Å². The van der Waals surface area contributed by atoms with Crippen LogP contribution in [-0.2, 0) is 4.74 Å². The molecule has 0 spiro atoms. The van der Waals surface area contributed by atoms with E-state index in [-0.39, 0.29) is 12.1 Å². The first-order chi connectivity index (χ1) is 9.15. The molecule has 0 bridgehead atoms. The fraction of sp³-hybridized carbons (Fsp3) is 0.545. The maximum absolute atomic E-state index is 10.0. The normalized spacial score (nSPS) is 31.5. The lowest BCUT2D eigenvalue weighted by Crippen LogP contribution is -2.52. The van der Waals surface area contributed by atoms with Crippen molar-refractivity contribution in [1.82, 2.24) is 19.9 Å². The maximum atomic E-state index is 10.0. The number of aromatic amines is 1. The highest BCUT2D eigenvalue weighted by molar-refractivity contribution is 5.81. The summed E-state index contributed by atoms with van der Waals surface area (Å²) in [5, 5.41) is 13.1. The van der Waals surface area contributed by atoms with Gasteiger partial charge in [0, 0.05) is 6.04 Å². The van der Waals surface area contributed by atoms with Gasteiger partial charge in [0.05, 0.1) is 12.4 Å². The molecule has 0 aliphatic carbocycles. The number of rotatable bonds is 2. The Hall–Kier alpha value is -1.77. The highest BCUT2D eigenvalue weighted by atomic mass is 16.5. The zero-order valence-corrected chi connectivity index (χ0v) is 10.4. The summed E-state index contributed by atoms with van der Waals surface area (Å²) in [6.45, 7) is 1.89. The topological polar surface area (TPSA) is 122 Å². The van der Waals surface area contributed by atoms with Gasteiger partial charge in [-0.3, -0.25) is 0 Å². The van der Waals surface area contributed by atoms with Crippen LogP contribution in [0, 0.1) is 0 Å². The number of ether oxygens (including phenoxy) is 1. The van der Waals surface area contributed by atoms with Gasteiger partial charge in [-0.1, -0.05) is 0 Å². The van der Waals surface area contributed by atoms with E-state index >= 15 is 0 Å². The number of nitrogens with zero attached hydrogens (tertiary/aromatic N) is 3. The minimum absolute atomic E-state index is 0.125. The number of anilines is 1. The van der Waals surface area contributed by atoms with E-state index in [1.807, 2.05) is 6.92 Å². The lowest BCUT2D eigenvalue weighted by atomic mass is 10.0. The molecule has 3 heterocycles. The number of aromatic nitrogens is 4. The predicted molar refractivity (Wildman–Crippen MR) is 68.2 cm³/mol. The smallest absolute Gasteiger partial charge is 0.182 e. The number of aliphatic hydroxyl groups excluding tert-OH is 1. The van der Waals surface area contributed by atoms with E-state index in [9.17, 15) is 5.11 Å². The number of hydrogen-bond acceptors (Lipinski definition) is 7. The zero-order valence-electron chi connectivity index (χ0n) is 10.4. The monoisotopic (exact) mass is 264 g/mol. The number of nitrogens with two attached hydrogens (primary N) is 1. The second-order valence-electron chi connectivity index (χ2n) is 4.70. The van der Waals surface area contributed by atoms with Gasteiger partial charge in [-0.25, -0.2) is 15.0 Å². The number of fused-ring (bicyclic) bond motifs is 1. The molecular weight excluding hydrogens is 248 g/mol. The molecule has 2 aromatic heterocycles. The Balaban J connectivity index is 1.83. The molecule has 8 heteroatoms. The summed E-state index contributed by atoms with van der Waals surface area (Å²) < 4.78 is 5.66. The van der Waals surface area contributed by atoms with Crippen LogP contribution in [0.1, 0.15) is 13.3 Å². The molecule has 0 aromatic carbocycles. The number of nitrogens with one attached hydrogen (secondary N) is 2. The largest absolute Gasteiger partial charge is 0.388 e. The Morgan fingerprint density at radius 2 is 2.32 bits per heavy atom. The van der Waals surface area contributed by atoms with E-state index in [1.165, 1.54) is 6.33 Å². The standard InChI is InChI=1S/C11H16N6O2/c1-5-6(12)2-7(18)11(19-5)17-10-8-9(14-3-13-8)15-4-16-10/h3-7,11,18H,2,12H2,1H3,(H2,13,14,15,16,17)/t5-,6+,7+,11+/m0/s1. The summed E-state index contributed by atoms with van der Waals surface area (Å²) in [6.07, 6.45) is 2.09. The molecule has 1 aliphatic heterocycles. The number of aliphatic hydroxyl groups is 1. The van der Waals surface area contributed by atoms with Crippen molar-refractivity contribution >= 4 is 17.0 Å². The fourth-order valence-electron chi connectivity index (χ4n) is 2.16. The molecule has 2 aromatic rings. The summed E-state index contributed by atoms with van der Waals surface area (Å²) in [5.41, 5.74) is 7.09. The first-order valence-electron chi connectivity index (χ1n) is 6.15. The minimum atomic E-state index is -0.681. The summed E-state index contributed by atoms with van der Waals surface area (Å²) in [6, 6.07) is -0.161. The molecule has 1 saturated heterocycles. The Morgan fingerprint density at radius 3 is 3.16 bits per heavy atom. The Kier molecular flexibility index (Phi) is 3.05. The molecular formula is C11H16N6O2. The molecule has 4 atom stereocenters. The van der Waals surface area contributed by atoms with Gasteiger partial charge in [-0.15, -0.1) is 0 Å². The van der Waals surface area contributed by atoms with Crippen LogP contribution in [0.2, 0.25) is 0 Å². The van der Waals surface area contributed by atoms with Crippen molar-refractivity contribution in [2.75, 3.05) is 5.32 Å². The van der Waals surface area contributed by atoms with Gasteiger partial charge in [-0.2, -0.15) is 0 Å². The Morgan fingerprint density at radius 1 is 1.47 bits per heavy atom. The first-order valence-corrected chi connectivity index (χ1v) is 6.15. The van der Waals surface area contributed by atoms with E-state index < -0.39 is 12.3 Å². The summed E-state index contributed by atoms with van der Waals surface area (Å²) in [7, 11) is 0. The summed E-state index contributed by atoms with van der Waals surface area (Å²) >= 11 is 0. The van der Waals surface area contributed by atoms with Gasteiger partial charge in [-0.05, 0) is 13.3 Å². The number of imidazole rings is 1. The van der Waals surface area contributed by atoms with E-state index in [4.69, 9.17) is 10.5 Å². The van der Waals surface area contributed by atoms with Gasteiger partial charge >= 0.3 is 0 Å². The Bertz CT molecular complexity index is 573. The lowest BCUT2D eigenvalue weighted by molar-refractivity contribution is -0.106. The molecule has 0 amide bonds. The predicted octanol–water partition coefficient (Wildman–Crippen LogP) is -0.412. The average molecular weight is 264 g/mol. The quantitative estimate of drug-likeness (QED) is 0.581. The van der Waals surface area contributed by atoms with E-state index in [0.717, 1.165) is 0 Å². The first kappa shape index (κ1) is 12.3. The van der Waals surface area contributed by atoms with Gasteiger partial charge in [0.25, 0.3) is 0 Å². The lowest BCUT2D eigenvalue weighted by Gasteiger charge is -2.36. The molecule has 0 radical (unpaired) electrons. The number of hydrogen-bond donors (Lipinski definition) is 4. The second kappa shape index (κ2) is 4.72. The van der Waals surface area contributed by atoms with Crippen LogP contribution in [-0.4, -0.2) is 49.5 Å². The molecule has 8 nitrogen and oxygen atoms in total.